The van der Waals surface area contributed by atoms with E-state index in [1.807, 2.05) is 13.0 Å². The summed E-state index contributed by atoms with van der Waals surface area (Å²) in [7, 11) is 0. The molecular formula is C18H22O2. The molecule has 2 nitrogen and oxygen atoms in total. The van der Waals surface area contributed by atoms with Crippen molar-refractivity contribution in [2.24, 2.45) is 23.7 Å². The average molecular weight is 270 g/mol. The van der Waals surface area contributed by atoms with Gasteiger partial charge in [0, 0.05) is 11.5 Å². The zero-order valence-electron chi connectivity index (χ0n) is 12.4. The number of hydrogen-bond donors (Lipinski definition) is 1. The summed E-state index contributed by atoms with van der Waals surface area (Å²) in [5, 5.41) is 8.81. The summed E-state index contributed by atoms with van der Waals surface area (Å²) in [6.45, 7) is 6.46. The first kappa shape index (κ1) is 13.4. The fourth-order valence-corrected chi connectivity index (χ4v) is 3.98. The number of allylic oxidation sites excluding steroid dienone is 7. The number of rotatable bonds is 1. The van der Waals surface area contributed by atoms with E-state index in [1.165, 1.54) is 6.42 Å². The minimum Gasteiger partial charge on any atom is -0.478 e. The molecule has 0 radical (unpaired) electrons. The lowest BCUT2D eigenvalue weighted by Crippen LogP contribution is -2.07. The number of carbonyl (C=O) groups is 1. The SMILES string of the molecule is CC1=C(C(=O)O)C2C=CC1C2.CC1=C(C)C2C=CC1C2. The molecule has 4 unspecified atom stereocenters. The minimum absolute atomic E-state index is 0.206. The van der Waals surface area contributed by atoms with E-state index in [0.29, 0.717) is 11.5 Å². The number of hydrogen-bond acceptors (Lipinski definition) is 1. The topological polar surface area (TPSA) is 37.3 Å². The largest absolute Gasteiger partial charge is 0.478 e. The number of carboxylic acid groups (broad SMARTS) is 1. The van der Waals surface area contributed by atoms with Crippen LogP contribution in [-0.2, 0) is 4.79 Å². The molecule has 4 rings (SSSR count). The van der Waals surface area contributed by atoms with E-state index in [4.69, 9.17) is 5.11 Å². The van der Waals surface area contributed by atoms with Gasteiger partial charge >= 0.3 is 5.97 Å². The Labute approximate surface area is 120 Å². The highest BCUT2D eigenvalue weighted by Crippen LogP contribution is 2.43. The molecule has 0 amide bonds. The molecule has 4 atom stereocenters. The number of fused-ring (bicyclic) bond motifs is 4. The summed E-state index contributed by atoms with van der Waals surface area (Å²) >= 11 is 0. The highest BCUT2D eigenvalue weighted by Gasteiger charge is 2.36. The van der Waals surface area contributed by atoms with Crippen LogP contribution in [0.2, 0.25) is 0 Å². The summed E-state index contributed by atoms with van der Waals surface area (Å²) in [6.07, 6.45) is 11.2. The standard InChI is InChI=1S/C9H10O2.C9H12/c1-5-6-2-3-7(4-6)8(5)9(10)11;1-6-7(2)9-4-3-8(6)5-9/h2-3,6-7H,4H2,1H3,(H,10,11);3-4,8-9H,5H2,1-2H3. The van der Waals surface area contributed by atoms with E-state index < -0.39 is 5.97 Å². The summed E-state index contributed by atoms with van der Waals surface area (Å²) < 4.78 is 0. The smallest absolute Gasteiger partial charge is 0.332 e. The van der Waals surface area contributed by atoms with Crippen molar-refractivity contribution in [1.82, 2.24) is 0 Å². The maximum absolute atomic E-state index is 10.7. The summed E-state index contributed by atoms with van der Waals surface area (Å²) in [5.41, 5.74) is 4.95. The summed E-state index contributed by atoms with van der Waals surface area (Å²) in [5.74, 6) is 1.52. The summed E-state index contributed by atoms with van der Waals surface area (Å²) in [4.78, 5) is 10.7. The third-order valence-electron chi connectivity index (χ3n) is 5.48. The first-order valence-electron chi connectivity index (χ1n) is 7.47. The van der Waals surface area contributed by atoms with Crippen LogP contribution in [-0.4, -0.2) is 11.1 Å². The zero-order chi connectivity index (χ0) is 14.4. The second-order valence-electron chi connectivity index (χ2n) is 6.44. The molecule has 0 fully saturated rings. The van der Waals surface area contributed by atoms with Gasteiger partial charge in [-0.3, -0.25) is 0 Å². The molecule has 0 heterocycles. The van der Waals surface area contributed by atoms with Crippen LogP contribution in [0.1, 0.15) is 33.6 Å². The third kappa shape index (κ3) is 1.98. The fourth-order valence-electron chi connectivity index (χ4n) is 3.98. The van der Waals surface area contributed by atoms with Crippen LogP contribution in [0.15, 0.2) is 46.6 Å². The Bertz CT molecular complexity index is 554. The highest BCUT2D eigenvalue weighted by molar-refractivity contribution is 5.90. The minimum atomic E-state index is -0.737. The second kappa shape index (κ2) is 4.76. The first-order chi connectivity index (χ1) is 9.49. The van der Waals surface area contributed by atoms with E-state index in [-0.39, 0.29) is 5.92 Å². The normalized spacial score (nSPS) is 36.0. The molecule has 0 spiro atoms. The molecule has 4 bridgehead atoms. The van der Waals surface area contributed by atoms with Gasteiger partial charge < -0.3 is 5.11 Å². The predicted molar refractivity (Wildman–Crippen MR) is 80.2 cm³/mol. The van der Waals surface area contributed by atoms with Crippen molar-refractivity contribution in [1.29, 1.82) is 0 Å². The molecule has 0 aromatic carbocycles. The predicted octanol–water partition coefficient (Wildman–Crippen LogP) is 4.12. The van der Waals surface area contributed by atoms with Crippen LogP contribution in [0.4, 0.5) is 0 Å². The third-order valence-corrected chi connectivity index (χ3v) is 5.48. The monoisotopic (exact) mass is 270 g/mol. The lowest BCUT2D eigenvalue weighted by atomic mass is 9.99. The molecular weight excluding hydrogens is 248 g/mol. The Morgan fingerprint density at radius 1 is 0.850 bits per heavy atom. The Kier molecular flexibility index (Phi) is 3.19. The van der Waals surface area contributed by atoms with E-state index in [0.717, 1.165) is 23.8 Å². The van der Waals surface area contributed by atoms with E-state index in [1.54, 1.807) is 11.1 Å². The molecule has 4 aliphatic rings. The van der Waals surface area contributed by atoms with Crippen molar-refractivity contribution < 1.29 is 9.90 Å². The van der Waals surface area contributed by atoms with E-state index in [2.05, 4.69) is 32.1 Å². The van der Waals surface area contributed by atoms with Gasteiger partial charge in [0.2, 0.25) is 0 Å². The Morgan fingerprint density at radius 2 is 1.25 bits per heavy atom. The molecule has 0 saturated carbocycles. The van der Waals surface area contributed by atoms with E-state index >= 15 is 0 Å². The summed E-state index contributed by atoms with van der Waals surface area (Å²) in [6, 6.07) is 0. The van der Waals surface area contributed by atoms with Crippen LogP contribution >= 0.6 is 0 Å². The molecule has 0 aromatic rings. The van der Waals surface area contributed by atoms with Gasteiger partial charge in [-0.25, -0.2) is 4.79 Å². The second-order valence-corrected chi connectivity index (χ2v) is 6.44. The van der Waals surface area contributed by atoms with Gasteiger partial charge in [0.15, 0.2) is 0 Å². The highest BCUT2D eigenvalue weighted by atomic mass is 16.4. The Morgan fingerprint density at radius 3 is 1.50 bits per heavy atom. The van der Waals surface area contributed by atoms with Crippen molar-refractivity contribution in [2.45, 2.75) is 33.6 Å². The molecule has 106 valence electrons. The van der Waals surface area contributed by atoms with Crippen LogP contribution in [0.5, 0.6) is 0 Å². The van der Waals surface area contributed by atoms with Crippen LogP contribution < -0.4 is 0 Å². The number of carboxylic acids is 1. The molecule has 0 aromatic heterocycles. The fraction of sp³-hybridized carbons (Fsp3) is 0.500. The van der Waals surface area contributed by atoms with E-state index in [9.17, 15) is 4.79 Å². The quantitative estimate of drug-likeness (QED) is 0.728. The molecule has 20 heavy (non-hydrogen) atoms. The lowest BCUT2D eigenvalue weighted by Gasteiger charge is -2.07. The maximum Gasteiger partial charge on any atom is 0.332 e. The van der Waals surface area contributed by atoms with Crippen LogP contribution in [0, 0.1) is 23.7 Å². The van der Waals surface area contributed by atoms with Crippen LogP contribution in [0.25, 0.3) is 0 Å². The van der Waals surface area contributed by atoms with Gasteiger partial charge in [-0.2, -0.15) is 0 Å². The van der Waals surface area contributed by atoms with Crippen molar-refractivity contribution in [3.63, 3.8) is 0 Å². The zero-order valence-corrected chi connectivity index (χ0v) is 12.4. The van der Waals surface area contributed by atoms with Crippen molar-refractivity contribution in [3.8, 4) is 0 Å². The van der Waals surface area contributed by atoms with Gasteiger partial charge in [-0.1, -0.05) is 41.0 Å². The average Bonchev–Trinajstić information content (AvgIpc) is 3.14. The van der Waals surface area contributed by atoms with Gasteiger partial charge in [0.25, 0.3) is 0 Å². The van der Waals surface area contributed by atoms with Gasteiger partial charge in [-0.15, -0.1) is 0 Å². The Balaban J connectivity index is 0.000000123. The maximum atomic E-state index is 10.7. The molecule has 4 aliphatic carbocycles. The van der Waals surface area contributed by atoms with Gasteiger partial charge in [0.1, 0.15) is 0 Å². The molecule has 1 N–H and O–H groups in total. The van der Waals surface area contributed by atoms with Crippen molar-refractivity contribution in [2.75, 3.05) is 0 Å². The lowest BCUT2D eigenvalue weighted by molar-refractivity contribution is -0.133. The number of aliphatic carboxylic acids is 1. The molecule has 0 saturated heterocycles. The van der Waals surface area contributed by atoms with Gasteiger partial charge in [0.05, 0.1) is 0 Å². The molecule has 2 heteroatoms. The first-order valence-corrected chi connectivity index (χ1v) is 7.47. The van der Waals surface area contributed by atoms with Crippen LogP contribution in [0.3, 0.4) is 0 Å². The van der Waals surface area contributed by atoms with Crippen molar-refractivity contribution >= 4 is 5.97 Å². The van der Waals surface area contributed by atoms with Gasteiger partial charge in [-0.05, 0) is 51.4 Å². The Hall–Kier alpha value is -1.57. The van der Waals surface area contributed by atoms with Crippen molar-refractivity contribution in [3.05, 3.63) is 46.6 Å². The molecule has 0 aliphatic heterocycles.